The SMILES string of the molecule is COc1ccc(-c2oc3ccccc3c(=O)c2OC(=O)[C@H](C)N2C(=O)c3ccccc3C2=O)cc1OC. The minimum Gasteiger partial charge on any atom is -0.493 e. The second kappa shape index (κ2) is 9.27. The number of methoxy groups -OCH3 is 2. The molecule has 0 N–H and O–H groups in total. The van der Waals surface area contributed by atoms with Crippen LogP contribution in [0.15, 0.2) is 75.9 Å². The van der Waals surface area contributed by atoms with Gasteiger partial charge in [0.2, 0.25) is 11.2 Å². The molecule has 0 fully saturated rings. The minimum atomic E-state index is -1.31. The Morgan fingerprint density at radius 2 is 1.46 bits per heavy atom. The fraction of sp³-hybridized carbons (Fsp3) is 0.143. The first kappa shape index (κ1) is 23.8. The summed E-state index contributed by atoms with van der Waals surface area (Å²) in [6, 6.07) is 16.3. The van der Waals surface area contributed by atoms with E-state index in [9.17, 15) is 19.2 Å². The van der Waals surface area contributed by atoms with E-state index in [0.717, 1.165) is 4.90 Å². The van der Waals surface area contributed by atoms with E-state index in [-0.39, 0.29) is 33.6 Å². The van der Waals surface area contributed by atoms with Crippen molar-refractivity contribution in [2.45, 2.75) is 13.0 Å². The summed E-state index contributed by atoms with van der Waals surface area (Å²) in [6.07, 6.45) is 0. The quantitative estimate of drug-likeness (QED) is 0.288. The van der Waals surface area contributed by atoms with Gasteiger partial charge in [0.15, 0.2) is 17.3 Å². The smallest absolute Gasteiger partial charge is 0.334 e. The highest BCUT2D eigenvalue weighted by atomic mass is 16.5. The molecule has 0 aliphatic carbocycles. The molecule has 0 saturated heterocycles. The molecule has 1 atom stereocenters. The first-order valence-electron chi connectivity index (χ1n) is 11.3. The lowest BCUT2D eigenvalue weighted by Crippen LogP contribution is -2.45. The van der Waals surface area contributed by atoms with Gasteiger partial charge in [-0.05, 0) is 49.4 Å². The van der Waals surface area contributed by atoms with Gasteiger partial charge in [0.25, 0.3) is 11.8 Å². The van der Waals surface area contributed by atoms with Crippen LogP contribution in [0.2, 0.25) is 0 Å². The van der Waals surface area contributed by atoms with E-state index < -0.39 is 29.3 Å². The van der Waals surface area contributed by atoms with E-state index in [4.69, 9.17) is 18.6 Å². The number of imide groups is 1. The summed E-state index contributed by atoms with van der Waals surface area (Å²) in [5.74, 6) is -1.78. The number of rotatable bonds is 6. The highest BCUT2D eigenvalue weighted by Gasteiger charge is 2.41. The Labute approximate surface area is 210 Å². The molecule has 0 saturated carbocycles. The molecule has 1 aliphatic heterocycles. The summed E-state index contributed by atoms with van der Waals surface area (Å²) in [7, 11) is 2.95. The van der Waals surface area contributed by atoms with Crippen molar-refractivity contribution in [3.05, 3.63) is 88.1 Å². The summed E-state index contributed by atoms with van der Waals surface area (Å²) < 4.78 is 22.2. The van der Waals surface area contributed by atoms with Gasteiger partial charge < -0.3 is 18.6 Å². The van der Waals surface area contributed by atoms with Crippen LogP contribution in [-0.2, 0) is 4.79 Å². The number of hydrogen-bond donors (Lipinski definition) is 0. The van der Waals surface area contributed by atoms with Crippen LogP contribution in [0.4, 0.5) is 0 Å². The second-order valence-corrected chi connectivity index (χ2v) is 8.28. The third kappa shape index (κ3) is 3.90. The topological polar surface area (TPSA) is 112 Å². The molecule has 0 radical (unpaired) electrons. The Kier molecular flexibility index (Phi) is 5.96. The van der Waals surface area contributed by atoms with Crippen LogP contribution in [0.5, 0.6) is 17.2 Å². The standard InChI is InChI=1S/C28H21NO8/c1-15(29-26(31)17-8-4-5-9-18(17)27(29)32)28(33)37-25-23(30)19-10-6-7-11-20(19)36-24(25)16-12-13-21(34-2)22(14-16)35-3/h4-15H,1-3H3/t15-/m0/s1. The largest absolute Gasteiger partial charge is 0.493 e. The van der Waals surface area contributed by atoms with E-state index in [2.05, 4.69) is 0 Å². The maximum Gasteiger partial charge on any atom is 0.334 e. The van der Waals surface area contributed by atoms with Gasteiger partial charge in [-0.1, -0.05) is 24.3 Å². The van der Waals surface area contributed by atoms with E-state index in [1.54, 1.807) is 54.6 Å². The minimum absolute atomic E-state index is 0.0208. The molecule has 37 heavy (non-hydrogen) atoms. The van der Waals surface area contributed by atoms with Crippen molar-refractivity contribution < 1.29 is 33.0 Å². The first-order chi connectivity index (χ1) is 17.8. The lowest BCUT2D eigenvalue weighted by Gasteiger charge is -2.21. The summed E-state index contributed by atoms with van der Waals surface area (Å²) in [4.78, 5) is 53.2. The molecule has 4 aromatic rings. The van der Waals surface area contributed by atoms with Gasteiger partial charge >= 0.3 is 5.97 Å². The van der Waals surface area contributed by atoms with Gasteiger partial charge in [0.1, 0.15) is 11.6 Å². The molecule has 1 aromatic heterocycles. The molecular formula is C28H21NO8. The number of ether oxygens (including phenoxy) is 3. The number of amides is 2. The molecule has 3 aromatic carbocycles. The third-order valence-corrected chi connectivity index (χ3v) is 6.16. The molecule has 9 heteroatoms. The van der Waals surface area contributed by atoms with E-state index in [1.807, 2.05) is 0 Å². The maximum absolute atomic E-state index is 13.4. The van der Waals surface area contributed by atoms with Gasteiger partial charge in [-0.3, -0.25) is 19.3 Å². The predicted molar refractivity (Wildman–Crippen MR) is 133 cm³/mol. The molecule has 1 aliphatic rings. The number of hydrogen-bond acceptors (Lipinski definition) is 8. The lowest BCUT2D eigenvalue weighted by atomic mass is 10.1. The normalized spacial score (nSPS) is 13.4. The molecule has 9 nitrogen and oxygen atoms in total. The lowest BCUT2D eigenvalue weighted by molar-refractivity contribution is -0.138. The van der Waals surface area contributed by atoms with Crippen LogP contribution in [0.3, 0.4) is 0 Å². The van der Waals surface area contributed by atoms with Crippen LogP contribution in [0, 0.1) is 0 Å². The average molecular weight is 499 g/mol. The molecular weight excluding hydrogens is 478 g/mol. The Hall–Kier alpha value is -4.92. The van der Waals surface area contributed by atoms with E-state index >= 15 is 0 Å². The van der Waals surface area contributed by atoms with Crippen LogP contribution in [0.25, 0.3) is 22.3 Å². The summed E-state index contributed by atoms with van der Waals surface area (Å²) in [5.41, 5.74) is 0.475. The van der Waals surface area contributed by atoms with Crippen LogP contribution >= 0.6 is 0 Å². The number of para-hydroxylation sites is 1. The van der Waals surface area contributed by atoms with Crippen molar-refractivity contribution in [2.24, 2.45) is 0 Å². The fourth-order valence-electron chi connectivity index (χ4n) is 4.24. The maximum atomic E-state index is 13.4. The number of fused-ring (bicyclic) bond motifs is 2. The molecule has 5 rings (SSSR count). The Bertz CT molecular complexity index is 1600. The summed E-state index contributed by atoms with van der Waals surface area (Å²) in [6.45, 7) is 1.36. The van der Waals surface area contributed by atoms with Crippen LogP contribution in [-0.4, -0.2) is 42.9 Å². The first-order valence-corrected chi connectivity index (χ1v) is 11.3. The van der Waals surface area contributed by atoms with Crippen molar-refractivity contribution >= 4 is 28.8 Å². The predicted octanol–water partition coefficient (Wildman–Crippen LogP) is 4.07. The third-order valence-electron chi connectivity index (χ3n) is 6.16. The number of nitrogens with zero attached hydrogens (tertiary/aromatic N) is 1. The van der Waals surface area contributed by atoms with E-state index in [0.29, 0.717) is 17.1 Å². The highest BCUT2D eigenvalue weighted by Crippen LogP contribution is 2.37. The Morgan fingerprint density at radius 1 is 0.838 bits per heavy atom. The molecule has 186 valence electrons. The van der Waals surface area contributed by atoms with Crippen molar-refractivity contribution in [1.82, 2.24) is 4.90 Å². The molecule has 0 bridgehead atoms. The zero-order chi connectivity index (χ0) is 26.3. The number of esters is 1. The molecule has 2 heterocycles. The Balaban J connectivity index is 1.57. The second-order valence-electron chi connectivity index (χ2n) is 8.28. The molecule has 0 unspecified atom stereocenters. The zero-order valence-electron chi connectivity index (χ0n) is 20.1. The van der Waals surface area contributed by atoms with Gasteiger partial charge in [-0.15, -0.1) is 0 Å². The van der Waals surface area contributed by atoms with Crippen molar-refractivity contribution in [2.75, 3.05) is 14.2 Å². The fourth-order valence-corrected chi connectivity index (χ4v) is 4.24. The van der Waals surface area contributed by atoms with Crippen LogP contribution < -0.4 is 19.6 Å². The van der Waals surface area contributed by atoms with E-state index in [1.165, 1.54) is 33.3 Å². The van der Waals surface area contributed by atoms with Crippen LogP contribution in [0.1, 0.15) is 27.6 Å². The monoisotopic (exact) mass is 499 g/mol. The van der Waals surface area contributed by atoms with Gasteiger partial charge in [0, 0.05) is 5.56 Å². The number of carbonyl (C=O) groups is 3. The number of benzene rings is 3. The van der Waals surface area contributed by atoms with Gasteiger partial charge in [-0.25, -0.2) is 4.79 Å². The zero-order valence-corrected chi connectivity index (χ0v) is 20.1. The summed E-state index contributed by atoms with van der Waals surface area (Å²) >= 11 is 0. The summed E-state index contributed by atoms with van der Waals surface area (Å²) in [5, 5.41) is 0.197. The van der Waals surface area contributed by atoms with Crippen molar-refractivity contribution in [1.29, 1.82) is 0 Å². The number of carbonyl (C=O) groups excluding carboxylic acids is 3. The van der Waals surface area contributed by atoms with Gasteiger partial charge in [0.05, 0.1) is 30.7 Å². The van der Waals surface area contributed by atoms with Gasteiger partial charge in [-0.2, -0.15) is 0 Å². The Morgan fingerprint density at radius 3 is 2.11 bits per heavy atom. The van der Waals surface area contributed by atoms with Crippen molar-refractivity contribution in [3.8, 4) is 28.6 Å². The molecule has 2 amide bonds. The molecule has 0 spiro atoms. The average Bonchev–Trinajstić information content (AvgIpc) is 3.18. The van der Waals surface area contributed by atoms with Crippen molar-refractivity contribution in [3.63, 3.8) is 0 Å². The highest BCUT2D eigenvalue weighted by molar-refractivity contribution is 6.22.